The lowest BCUT2D eigenvalue weighted by atomic mass is 9.95. The van der Waals surface area contributed by atoms with E-state index in [0.717, 1.165) is 19.0 Å². The highest BCUT2D eigenvalue weighted by atomic mass is 79.9. The number of rotatable bonds is 7. The highest BCUT2D eigenvalue weighted by Gasteiger charge is 2.35. The minimum Gasteiger partial charge on any atom is -0.493 e. The molecule has 12 heteroatoms. The number of carbonyl (C=O) groups is 1. The van der Waals surface area contributed by atoms with Gasteiger partial charge >= 0.3 is 5.97 Å². The molecule has 1 atom stereocenters. The van der Waals surface area contributed by atoms with Crippen LogP contribution in [0.4, 0.5) is 5.88 Å². The molecule has 0 unspecified atom stereocenters. The number of thiazole rings is 1. The van der Waals surface area contributed by atoms with E-state index in [-0.39, 0.29) is 17.7 Å². The Morgan fingerprint density at radius 1 is 1.21 bits per heavy atom. The first-order chi connectivity index (χ1) is 18.9. The smallest absolute Gasteiger partial charge is 0.338 e. The van der Waals surface area contributed by atoms with E-state index in [4.69, 9.17) is 23.4 Å². The molecule has 2 aromatic heterocycles. The van der Waals surface area contributed by atoms with E-state index in [9.17, 15) is 9.59 Å². The van der Waals surface area contributed by atoms with Gasteiger partial charge in [-0.25, -0.2) is 9.79 Å². The largest absolute Gasteiger partial charge is 0.493 e. The molecule has 0 amide bonds. The first kappa shape index (κ1) is 27.2. The van der Waals surface area contributed by atoms with E-state index >= 15 is 0 Å². The number of methoxy groups -OCH3 is 2. The summed E-state index contributed by atoms with van der Waals surface area (Å²) < 4.78 is 30.4. The number of nitrogens with zero attached hydrogens (tertiary/aromatic N) is 3. The zero-order chi connectivity index (χ0) is 27.7. The number of anilines is 1. The van der Waals surface area contributed by atoms with Crippen LogP contribution in [0.15, 0.2) is 54.2 Å². The number of aromatic nitrogens is 1. The molecule has 206 valence electrons. The maximum absolute atomic E-state index is 13.9. The molecule has 2 aliphatic rings. The standard InChI is InChI=1S/C27H28BrN3O7S/c1-5-37-26(33)23-15(2)29-27-31(24(23)17-13-19(34-3)20(35-4)14-18(17)28)25(32)21(39-27)12-16-6-7-22(38-16)30-8-10-36-11-9-30/h6-7,12-14,24H,5,8-11H2,1-4H3/t24-/m0/s1. The average molecular weight is 619 g/mol. The maximum atomic E-state index is 13.9. The minimum atomic E-state index is -0.808. The lowest BCUT2D eigenvalue weighted by Crippen LogP contribution is -2.40. The molecule has 0 N–H and O–H groups in total. The van der Waals surface area contributed by atoms with Gasteiger partial charge in [0, 0.05) is 29.7 Å². The van der Waals surface area contributed by atoms with Crippen molar-refractivity contribution in [2.24, 2.45) is 4.99 Å². The number of fused-ring (bicyclic) bond motifs is 1. The van der Waals surface area contributed by atoms with Gasteiger partial charge < -0.3 is 28.3 Å². The molecule has 4 heterocycles. The normalized spacial score (nSPS) is 17.6. The Morgan fingerprint density at radius 3 is 2.62 bits per heavy atom. The monoisotopic (exact) mass is 617 g/mol. The van der Waals surface area contributed by atoms with Gasteiger partial charge in [0.2, 0.25) is 0 Å². The third-order valence-corrected chi connectivity index (χ3v) is 8.19. The highest BCUT2D eigenvalue weighted by Crippen LogP contribution is 2.40. The van der Waals surface area contributed by atoms with Gasteiger partial charge in [-0.3, -0.25) is 9.36 Å². The molecule has 5 rings (SSSR count). The summed E-state index contributed by atoms with van der Waals surface area (Å²) in [7, 11) is 3.07. The van der Waals surface area contributed by atoms with E-state index in [0.29, 0.717) is 55.5 Å². The second kappa shape index (κ2) is 11.4. The number of benzene rings is 1. The number of morpholine rings is 1. The first-order valence-corrected chi connectivity index (χ1v) is 14.0. The van der Waals surface area contributed by atoms with Crippen LogP contribution in [0.25, 0.3) is 6.08 Å². The third-order valence-electron chi connectivity index (χ3n) is 6.52. The van der Waals surface area contributed by atoms with E-state index in [1.165, 1.54) is 23.0 Å². The second-order valence-corrected chi connectivity index (χ2v) is 10.7. The van der Waals surface area contributed by atoms with E-state index < -0.39 is 12.0 Å². The summed E-state index contributed by atoms with van der Waals surface area (Å²) in [5.74, 6) is 1.70. The minimum absolute atomic E-state index is 0.184. The summed E-state index contributed by atoms with van der Waals surface area (Å²) >= 11 is 4.84. The predicted octanol–water partition coefficient (Wildman–Crippen LogP) is 3.01. The fraction of sp³-hybridized carbons (Fsp3) is 0.370. The number of furan rings is 1. The maximum Gasteiger partial charge on any atom is 0.338 e. The van der Waals surface area contributed by atoms with Crippen LogP contribution in [-0.4, -0.2) is 57.7 Å². The summed E-state index contributed by atoms with van der Waals surface area (Å²) in [6.45, 7) is 6.43. The van der Waals surface area contributed by atoms with E-state index in [1.54, 1.807) is 39.2 Å². The summed E-state index contributed by atoms with van der Waals surface area (Å²) in [4.78, 5) is 34.3. The number of allylic oxidation sites excluding steroid dienone is 1. The molecule has 1 aromatic carbocycles. The van der Waals surface area contributed by atoms with Crippen molar-refractivity contribution in [3.63, 3.8) is 0 Å². The Bertz CT molecular complexity index is 1610. The van der Waals surface area contributed by atoms with Crippen LogP contribution < -0.4 is 29.3 Å². The Morgan fingerprint density at radius 2 is 1.92 bits per heavy atom. The van der Waals surface area contributed by atoms with Gasteiger partial charge in [-0.2, -0.15) is 0 Å². The van der Waals surface area contributed by atoms with Crippen molar-refractivity contribution in [1.29, 1.82) is 0 Å². The van der Waals surface area contributed by atoms with Gasteiger partial charge in [-0.05, 0) is 37.6 Å². The fourth-order valence-electron chi connectivity index (χ4n) is 4.67. The molecule has 10 nitrogen and oxygen atoms in total. The van der Waals surface area contributed by atoms with Gasteiger partial charge in [0.25, 0.3) is 5.56 Å². The zero-order valence-corrected chi connectivity index (χ0v) is 24.4. The Balaban J connectivity index is 1.66. The summed E-state index contributed by atoms with van der Waals surface area (Å²) in [5, 5.41) is 0. The van der Waals surface area contributed by atoms with Crippen LogP contribution in [0.1, 0.15) is 31.2 Å². The van der Waals surface area contributed by atoms with Crippen molar-refractivity contribution in [2.45, 2.75) is 19.9 Å². The lowest BCUT2D eigenvalue weighted by molar-refractivity contribution is -0.139. The molecule has 0 saturated carbocycles. The van der Waals surface area contributed by atoms with Gasteiger partial charge in [0.05, 0.1) is 55.9 Å². The van der Waals surface area contributed by atoms with Gasteiger partial charge in [-0.15, -0.1) is 0 Å². The second-order valence-electron chi connectivity index (χ2n) is 8.81. The third kappa shape index (κ3) is 5.15. The highest BCUT2D eigenvalue weighted by molar-refractivity contribution is 9.10. The number of ether oxygens (including phenoxy) is 4. The number of esters is 1. The van der Waals surface area contributed by atoms with Crippen LogP contribution >= 0.6 is 27.3 Å². The molecule has 3 aromatic rings. The number of halogens is 1. The van der Waals surface area contributed by atoms with Crippen molar-refractivity contribution in [3.05, 3.63) is 71.0 Å². The van der Waals surface area contributed by atoms with Crippen LogP contribution in [-0.2, 0) is 14.3 Å². The molecule has 1 fully saturated rings. The SMILES string of the molecule is CCOC(=O)C1=C(C)N=c2sc(=Cc3ccc(N4CCOCC4)o3)c(=O)n2[C@H]1c1cc(OC)c(OC)cc1Br. The topological polar surface area (TPSA) is 105 Å². The fourth-order valence-corrected chi connectivity index (χ4v) is 6.23. The van der Waals surface area contributed by atoms with Gasteiger partial charge in [0.1, 0.15) is 5.76 Å². The van der Waals surface area contributed by atoms with Crippen LogP contribution in [0, 0.1) is 0 Å². The van der Waals surface area contributed by atoms with Crippen molar-refractivity contribution in [2.75, 3.05) is 52.0 Å². The number of carbonyl (C=O) groups excluding carboxylic acids is 1. The van der Waals surface area contributed by atoms with E-state index in [1.807, 2.05) is 12.1 Å². The van der Waals surface area contributed by atoms with Crippen molar-refractivity contribution in [1.82, 2.24) is 4.57 Å². The average Bonchev–Trinajstić information content (AvgIpc) is 3.52. The van der Waals surface area contributed by atoms with E-state index in [2.05, 4.69) is 25.8 Å². The van der Waals surface area contributed by atoms with Gasteiger partial charge in [0.15, 0.2) is 22.2 Å². The molecular weight excluding hydrogens is 590 g/mol. The molecule has 39 heavy (non-hydrogen) atoms. The van der Waals surface area contributed by atoms with Crippen molar-refractivity contribution >= 4 is 45.2 Å². The Kier molecular flexibility index (Phi) is 7.96. The van der Waals surface area contributed by atoms with Crippen molar-refractivity contribution in [3.8, 4) is 11.5 Å². The Hall–Kier alpha value is -3.35. The Labute approximate surface area is 236 Å². The zero-order valence-electron chi connectivity index (χ0n) is 22.0. The molecule has 0 radical (unpaired) electrons. The molecule has 0 spiro atoms. The lowest BCUT2D eigenvalue weighted by Gasteiger charge is -2.26. The molecule has 1 saturated heterocycles. The predicted molar refractivity (Wildman–Crippen MR) is 149 cm³/mol. The van der Waals surface area contributed by atoms with Crippen LogP contribution in [0.5, 0.6) is 11.5 Å². The van der Waals surface area contributed by atoms with Crippen LogP contribution in [0.2, 0.25) is 0 Å². The summed E-state index contributed by atoms with van der Waals surface area (Å²) in [6, 6.07) is 6.42. The summed E-state index contributed by atoms with van der Waals surface area (Å²) in [6.07, 6.45) is 1.71. The first-order valence-electron chi connectivity index (χ1n) is 12.4. The molecular formula is C27H28BrN3O7S. The molecule has 0 bridgehead atoms. The molecule has 0 aliphatic carbocycles. The summed E-state index contributed by atoms with van der Waals surface area (Å²) in [5.41, 5.74) is 1.08. The molecule has 2 aliphatic heterocycles. The quantitative estimate of drug-likeness (QED) is 0.373. The van der Waals surface area contributed by atoms with Crippen LogP contribution in [0.3, 0.4) is 0 Å². The van der Waals surface area contributed by atoms with Crippen molar-refractivity contribution < 1.29 is 28.2 Å². The van der Waals surface area contributed by atoms with Gasteiger partial charge in [-0.1, -0.05) is 27.3 Å². The number of hydrogen-bond acceptors (Lipinski definition) is 10. The number of hydrogen-bond donors (Lipinski definition) is 0.